The molecule has 1 unspecified atom stereocenters. The molecule has 1 aromatic carbocycles. The molecule has 0 saturated carbocycles. The summed E-state index contributed by atoms with van der Waals surface area (Å²) in [5.41, 5.74) is 12.1. The van der Waals surface area contributed by atoms with E-state index in [1.54, 1.807) is 17.0 Å². The predicted molar refractivity (Wildman–Crippen MR) is 63.9 cm³/mol. The van der Waals surface area contributed by atoms with Gasteiger partial charge in [0, 0.05) is 13.1 Å². The van der Waals surface area contributed by atoms with E-state index in [2.05, 4.69) is 0 Å². The summed E-state index contributed by atoms with van der Waals surface area (Å²) in [6.45, 7) is 0.886. The van der Waals surface area contributed by atoms with Crippen LogP contribution in [0.1, 0.15) is 18.4 Å². The number of para-hydroxylation sites is 1. The second-order valence-electron chi connectivity index (χ2n) is 4.21. The average Bonchev–Trinajstić information content (AvgIpc) is 2.77. The van der Waals surface area contributed by atoms with Gasteiger partial charge < -0.3 is 16.4 Å². The fourth-order valence-corrected chi connectivity index (χ4v) is 2.38. The minimum Gasteiger partial charge on any atom is -0.368 e. The summed E-state index contributed by atoms with van der Waals surface area (Å²) in [6.07, 6.45) is 1.51. The first-order valence-corrected chi connectivity index (χ1v) is 5.68. The highest BCUT2D eigenvalue weighted by molar-refractivity contribution is 5.84. The number of carbonyl (C=O) groups excluding carboxylic acids is 1. The molecule has 92 valence electrons. The zero-order chi connectivity index (χ0) is 12.4. The molecule has 1 heterocycles. The second-order valence-corrected chi connectivity index (χ2v) is 4.21. The SMILES string of the molecule is NCc1cccc(F)c1N1CCCC1C(N)=O. The maximum atomic E-state index is 13.9. The number of amides is 1. The van der Waals surface area contributed by atoms with Crippen LogP contribution >= 0.6 is 0 Å². The van der Waals surface area contributed by atoms with Gasteiger partial charge in [-0.1, -0.05) is 12.1 Å². The van der Waals surface area contributed by atoms with Crippen LogP contribution in [0.2, 0.25) is 0 Å². The Morgan fingerprint density at radius 2 is 2.29 bits per heavy atom. The van der Waals surface area contributed by atoms with Gasteiger partial charge in [-0.2, -0.15) is 0 Å². The van der Waals surface area contributed by atoms with Crippen LogP contribution in [-0.4, -0.2) is 18.5 Å². The Balaban J connectivity index is 2.42. The number of halogens is 1. The fourth-order valence-electron chi connectivity index (χ4n) is 2.38. The molecule has 2 rings (SSSR count). The first-order chi connectivity index (χ1) is 8.15. The van der Waals surface area contributed by atoms with Crippen molar-refractivity contribution in [2.24, 2.45) is 11.5 Å². The molecule has 5 heteroatoms. The Morgan fingerprint density at radius 3 is 2.94 bits per heavy atom. The van der Waals surface area contributed by atoms with Gasteiger partial charge in [0.25, 0.3) is 0 Å². The van der Waals surface area contributed by atoms with E-state index < -0.39 is 11.9 Å². The van der Waals surface area contributed by atoms with E-state index in [0.717, 1.165) is 6.42 Å². The molecule has 1 amide bonds. The van der Waals surface area contributed by atoms with Crippen LogP contribution in [0.4, 0.5) is 10.1 Å². The molecular formula is C12H16FN3O. The fraction of sp³-hybridized carbons (Fsp3) is 0.417. The third-order valence-electron chi connectivity index (χ3n) is 3.16. The molecular weight excluding hydrogens is 221 g/mol. The molecule has 0 bridgehead atoms. The van der Waals surface area contributed by atoms with Crippen LogP contribution in [-0.2, 0) is 11.3 Å². The number of hydrogen-bond donors (Lipinski definition) is 2. The van der Waals surface area contributed by atoms with E-state index in [4.69, 9.17) is 11.5 Å². The number of nitrogens with two attached hydrogens (primary N) is 2. The normalized spacial score (nSPS) is 19.6. The molecule has 1 atom stereocenters. The molecule has 4 N–H and O–H groups in total. The van der Waals surface area contributed by atoms with Crippen LogP contribution in [0.15, 0.2) is 18.2 Å². The third-order valence-corrected chi connectivity index (χ3v) is 3.16. The standard InChI is InChI=1S/C12H16FN3O/c13-9-4-1-3-8(7-14)11(9)16-6-2-5-10(16)12(15)17/h1,3-4,10H,2,5-7,14H2,(H2,15,17). The third kappa shape index (κ3) is 2.10. The Morgan fingerprint density at radius 1 is 1.53 bits per heavy atom. The largest absolute Gasteiger partial charge is 0.368 e. The van der Waals surface area contributed by atoms with Crippen LogP contribution in [0.25, 0.3) is 0 Å². The van der Waals surface area contributed by atoms with Crippen LogP contribution < -0.4 is 16.4 Å². The van der Waals surface area contributed by atoms with E-state index in [1.165, 1.54) is 6.07 Å². The van der Waals surface area contributed by atoms with Crippen molar-refractivity contribution in [2.75, 3.05) is 11.4 Å². The minimum absolute atomic E-state index is 0.245. The molecule has 0 radical (unpaired) electrons. The molecule has 1 saturated heterocycles. The molecule has 0 aliphatic carbocycles. The summed E-state index contributed by atoms with van der Waals surface area (Å²) in [5, 5.41) is 0. The Kier molecular flexibility index (Phi) is 3.28. The minimum atomic E-state index is -0.419. The number of rotatable bonds is 3. The molecule has 4 nitrogen and oxygen atoms in total. The Bertz CT molecular complexity index is 436. The summed E-state index contributed by atoms with van der Waals surface area (Å²) < 4.78 is 13.9. The van der Waals surface area contributed by atoms with Crippen LogP contribution in [0.5, 0.6) is 0 Å². The first-order valence-electron chi connectivity index (χ1n) is 5.68. The molecule has 1 aromatic rings. The topological polar surface area (TPSA) is 72.3 Å². The van der Waals surface area contributed by atoms with Crippen molar-refractivity contribution < 1.29 is 9.18 Å². The molecule has 1 fully saturated rings. The molecule has 0 spiro atoms. The highest BCUT2D eigenvalue weighted by atomic mass is 19.1. The van der Waals surface area contributed by atoms with Gasteiger partial charge in [-0.3, -0.25) is 4.79 Å². The van der Waals surface area contributed by atoms with Crippen molar-refractivity contribution in [3.05, 3.63) is 29.6 Å². The van der Waals surface area contributed by atoms with Crippen molar-refractivity contribution in [1.29, 1.82) is 0 Å². The zero-order valence-corrected chi connectivity index (χ0v) is 9.53. The number of carbonyl (C=O) groups is 1. The summed E-state index contributed by atoms with van der Waals surface area (Å²) >= 11 is 0. The van der Waals surface area contributed by atoms with E-state index >= 15 is 0 Å². The van der Waals surface area contributed by atoms with E-state index in [1.807, 2.05) is 0 Å². The summed E-state index contributed by atoms with van der Waals surface area (Å²) in [6, 6.07) is 4.35. The second kappa shape index (κ2) is 4.71. The lowest BCUT2D eigenvalue weighted by Crippen LogP contribution is -2.41. The number of anilines is 1. The molecule has 1 aliphatic rings. The van der Waals surface area contributed by atoms with Crippen molar-refractivity contribution in [2.45, 2.75) is 25.4 Å². The lowest BCUT2D eigenvalue weighted by Gasteiger charge is -2.27. The Labute approximate surface area is 99.4 Å². The Hall–Kier alpha value is -1.62. The van der Waals surface area contributed by atoms with Gasteiger partial charge >= 0.3 is 0 Å². The highest BCUT2D eigenvalue weighted by Gasteiger charge is 2.31. The highest BCUT2D eigenvalue weighted by Crippen LogP contribution is 2.31. The van der Waals surface area contributed by atoms with Crippen molar-refractivity contribution in [1.82, 2.24) is 0 Å². The van der Waals surface area contributed by atoms with Crippen molar-refractivity contribution in [3.8, 4) is 0 Å². The summed E-state index contributed by atoms with van der Waals surface area (Å²) in [4.78, 5) is 13.1. The number of primary amides is 1. The van der Waals surface area contributed by atoms with Crippen molar-refractivity contribution in [3.63, 3.8) is 0 Å². The maximum Gasteiger partial charge on any atom is 0.240 e. The van der Waals surface area contributed by atoms with Gasteiger partial charge in [-0.15, -0.1) is 0 Å². The first kappa shape index (κ1) is 11.9. The predicted octanol–water partition coefficient (Wildman–Crippen LogP) is 0.738. The molecule has 17 heavy (non-hydrogen) atoms. The van der Waals surface area contributed by atoms with Gasteiger partial charge in [-0.25, -0.2) is 4.39 Å². The number of hydrogen-bond acceptors (Lipinski definition) is 3. The van der Waals surface area contributed by atoms with Crippen molar-refractivity contribution >= 4 is 11.6 Å². The average molecular weight is 237 g/mol. The summed E-state index contributed by atoms with van der Waals surface area (Å²) in [5.74, 6) is -0.755. The van der Waals surface area contributed by atoms with Crippen LogP contribution in [0.3, 0.4) is 0 Å². The van der Waals surface area contributed by atoms with Gasteiger partial charge in [0.1, 0.15) is 11.9 Å². The summed E-state index contributed by atoms with van der Waals surface area (Å²) in [7, 11) is 0. The lowest BCUT2D eigenvalue weighted by molar-refractivity contribution is -0.119. The quantitative estimate of drug-likeness (QED) is 0.814. The van der Waals surface area contributed by atoms with Gasteiger partial charge in [-0.05, 0) is 24.5 Å². The van der Waals surface area contributed by atoms with Gasteiger partial charge in [0.15, 0.2) is 0 Å². The lowest BCUT2D eigenvalue weighted by atomic mass is 10.1. The number of benzene rings is 1. The zero-order valence-electron chi connectivity index (χ0n) is 9.53. The molecule has 0 aromatic heterocycles. The van der Waals surface area contributed by atoms with E-state index in [0.29, 0.717) is 24.2 Å². The molecule has 1 aliphatic heterocycles. The smallest absolute Gasteiger partial charge is 0.240 e. The van der Waals surface area contributed by atoms with Gasteiger partial charge in [0.05, 0.1) is 5.69 Å². The van der Waals surface area contributed by atoms with E-state index in [9.17, 15) is 9.18 Å². The van der Waals surface area contributed by atoms with Gasteiger partial charge in [0.2, 0.25) is 5.91 Å². The number of nitrogens with zero attached hydrogens (tertiary/aromatic N) is 1. The maximum absolute atomic E-state index is 13.9. The van der Waals surface area contributed by atoms with E-state index in [-0.39, 0.29) is 12.4 Å². The monoisotopic (exact) mass is 237 g/mol. The van der Waals surface area contributed by atoms with Crippen LogP contribution in [0, 0.1) is 5.82 Å².